The molecular formula is C14H15FN2O2S. The molecule has 0 radical (unpaired) electrons. The van der Waals surface area contributed by atoms with E-state index in [-0.39, 0.29) is 5.97 Å². The third-order valence-corrected chi connectivity index (χ3v) is 3.50. The zero-order chi connectivity index (χ0) is 14.5. The average Bonchev–Trinajstić information content (AvgIpc) is 2.93. The molecule has 1 aromatic heterocycles. The highest BCUT2D eigenvalue weighted by Crippen LogP contribution is 2.25. The van der Waals surface area contributed by atoms with Crippen molar-refractivity contribution in [3.63, 3.8) is 0 Å². The van der Waals surface area contributed by atoms with Gasteiger partial charge in [0.2, 0.25) is 0 Å². The molecule has 4 nitrogen and oxygen atoms in total. The van der Waals surface area contributed by atoms with Crippen LogP contribution in [0.4, 0.5) is 15.2 Å². The summed E-state index contributed by atoms with van der Waals surface area (Å²) in [6.07, 6.45) is 1.64. The Morgan fingerprint density at radius 2 is 2.35 bits per heavy atom. The fraction of sp³-hybridized carbons (Fsp3) is 0.286. The number of nitrogens with zero attached hydrogens (tertiary/aromatic N) is 1. The molecular weight excluding hydrogens is 279 g/mol. The Morgan fingerprint density at radius 1 is 1.55 bits per heavy atom. The maximum absolute atomic E-state index is 14.0. The third-order valence-electron chi connectivity index (χ3n) is 2.81. The van der Waals surface area contributed by atoms with Crippen LogP contribution in [0.2, 0.25) is 0 Å². The quantitative estimate of drug-likeness (QED) is 0.854. The lowest BCUT2D eigenvalue weighted by Gasteiger charge is -2.12. The minimum atomic E-state index is -0.488. The van der Waals surface area contributed by atoms with Crippen LogP contribution in [-0.4, -0.2) is 17.6 Å². The predicted molar refractivity (Wildman–Crippen MR) is 76.8 cm³/mol. The van der Waals surface area contributed by atoms with Gasteiger partial charge in [0, 0.05) is 11.6 Å². The first kappa shape index (κ1) is 14.5. The normalized spacial score (nSPS) is 11.9. The minimum absolute atomic E-state index is 0.315. The molecule has 1 atom stereocenters. The summed E-state index contributed by atoms with van der Waals surface area (Å²) in [5, 5.41) is 5.31. The molecule has 0 bridgehead atoms. The first-order valence-corrected chi connectivity index (χ1v) is 7.12. The number of hydrogen-bond donors (Lipinski definition) is 1. The number of rotatable bonds is 5. The minimum Gasteiger partial charge on any atom is -0.466 e. The lowest BCUT2D eigenvalue weighted by atomic mass is 10.0. The Bertz CT molecular complexity index is 587. The fourth-order valence-electron chi connectivity index (χ4n) is 1.71. The van der Waals surface area contributed by atoms with Crippen molar-refractivity contribution in [2.75, 3.05) is 11.9 Å². The monoisotopic (exact) mass is 294 g/mol. The number of thiazole rings is 1. The Balaban J connectivity index is 2.15. The van der Waals surface area contributed by atoms with Gasteiger partial charge in [-0.05, 0) is 31.5 Å². The molecule has 0 aliphatic carbocycles. The molecule has 0 spiro atoms. The van der Waals surface area contributed by atoms with E-state index in [2.05, 4.69) is 10.3 Å². The second-order valence-corrected chi connectivity index (χ2v) is 5.07. The van der Waals surface area contributed by atoms with E-state index in [0.29, 0.717) is 23.0 Å². The van der Waals surface area contributed by atoms with E-state index in [1.807, 2.05) is 0 Å². The molecule has 2 aromatic rings. The van der Waals surface area contributed by atoms with Gasteiger partial charge in [-0.3, -0.25) is 4.79 Å². The van der Waals surface area contributed by atoms with Crippen molar-refractivity contribution in [2.24, 2.45) is 0 Å². The molecule has 0 amide bonds. The van der Waals surface area contributed by atoms with Gasteiger partial charge < -0.3 is 10.1 Å². The number of esters is 1. The van der Waals surface area contributed by atoms with Crippen molar-refractivity contribution in [3.05, 3.63) is 41.2 Å². The summed E-state index contributed by atoms with van der Waals surface area (Å²) in [5.74, 6) is -1.26. The highest BCUT2D eigenvalue weighted by molar-refractivity contribution is 7.13. The fourth-order valence-corrected chi connectivity index (χ4v) is 2.25. The average molecular weight is 294 g/mol. The summed E-state index contributed by atoms with van der Waals surface area (Å²) in [4.78, 5) is 15.7. The van der Waals surface area contributed by atoms with Crippen LogP contribution in [0.15, 0.2) is 29.8 Å². The number of anilines is 2. The summed E-state index contributed by atoms with van der Waals surface area (Å²) in [5.41, 5.74) is 0.922. The van der Waals surface area contributed by atoms with E-state index >= 15 is 0 Å². The largest absolute Gasteiger partial charge is 0.466 e. The highest BCUT2D eigenvalue weighted by Gasteiger charge is 2.18. The molecule has 0 saturated heterocycles. The zero-order valence-corrected chi connectivity index (χ0v) is 12.0. The van der Waals surface area contributed by atoms with Crippen molar-refractivity contribution < 1.29 is 13.9 Å². The van der Waals surface area contributed by atoms with Gasteiger partial charge in [-0.2, -0.15) is 0 Å². The Hall–Kier alpha value is -1.95. The number of carbonyl (C=O) groups excluding carboxylic acids is 1. The van der Waals surface area contributed by atoms with Gasteiger partial charge in [0.05, 0.1) is 18.2 Å². The molecule has 0 fully saturated rings. The second kappa shape index (κ2) is 6.47. The van der Waals surface area contributed by atoms with E-state index in [1.165, 1.54) is 17.4 Å². The van der Waals surface area contributed by atoms with E-state index in [1.54, 1.807) is 37.6 Å². The molecule has 0 aliphatic rings. The van der Waals surface area contributed by atoms with Crippen LogP contribution in [0.5, 0.6) is 0 Å². The van der Waals surface area contributed by atoms with Gasteiger partial charge in [-0.1, -0.05) is 6.07 Å². The van der Waals surface area contributed by atoms with Crippen LogP contribution in [0, 0.1) is 5.82 Å². The van der Waals surface area contributed by atoms with Crippen LogP contribution < -0.4 is 5.32 Å². The SMILES string of the molecule is CCOC(=O)C(C)c1ccc(Nc2nccs2)c(F)c1. The standard InChI is InChI=1S/C14H15FN2O2S/c1-3-19-13(18)9(2)10-4-5-12(11(15)8-10)17-14-16-6-7-20-14/h4-9H,3H2,1-2H3,(H,16,17). The number of halogens is 1. The number of aromatic nitrogens is 1. The maximum atomic E-state index is 14.0. The van der Waals surface area contributed by atoms with Crippen molar-refractivity contribution in [3.8, 4) is 0 Å². The van der Waals surface area contributed by atoms with Crippen LogP contribution >= 0.6 is 11.3 Å². The van der Waals surface area contributed by atoms with Gasteiger partial charge in [0.25, 0.3) is 0 Å². The molecule has 1 aromatic carbocycles. The second-order valence-electron chi connectivity index (χ2n) is 4.18. The summed E-state index contributed by atoms with van der Waals surface area (Å²) < 4.78 is 18.9. The molecule has 106 valence electrons. The van der Waals surface area contributed by atoms with Crippen molar-refractivity contribution in [1.29, 1.82) is 0 Å². The summed E-state index contributed by atoms with van der Waals surface area (Å²) >= 11 is 1.39. The number of nitrogens with one attached hydrogen (secondary N) is 1. The molecule has 6 heteroatoms. The number of ether oxygens (including phenoxy) is 1. The highest BCUT2D eigenvalue weighted by atomic mass is 32.1. The molecule has 1 unspecified atom stereocenters. The molecule has 2 rings (SSSR count). The van der Waals surface area contributed by atoms with Gasteiger partial charge >= 0.3 is 5.97 Å². The van der Waals surface area contributed by atoms with Gasteiger partial charge in [0.1, 0.15) is 5.82 Å². The van der Waals surface area contributed by atoms with E-state index in [9.17, 15) is 9.18 Å². The van der Waals surface area contributed by atoms with Crippen LogP contribution in [0.25, 0.3) is 0 Å². The topological polar surface area (TPSA) is 51.2 Å². The Morgan fingerprint density at radius 3 is 2.95 bits per heavy atom. The molecule has 0 saturated carbocycles. The maximum Gasteiger partial charge on any atom is 0.313 e. The number of hydrogen-bond acceptors (Lipinski definition) is 5. The van der Waals surface area contributed by atoms with Gasteiger partial charge in [0.15, 0.2) is 5.13 Å². The number of carbonyl (C=O) groups is 1. The molecule has 1 N–H and O–H groups in total. The van der Waals surface area contributed by atoms with E-state index in [4.69, 9.17) is 4.74 Å². The zero-order valence-electron chi connectivity index (χ0n) is 11.2. The van der Waals surface area contributed by atoms with Gasteiger partial charge in [-0.15, -0.1) is 11.3 Å². The first-order chi connectivity index (χ1) is 9.61. The number of benzene rings is 1. The molecule has 20 heavy (non-hydrogen) atoms. The van der Waals surface area contributed by atoms with E-state index in [0.717, 1.165) is 0 Å². The summed E-state index contributed by atoms with van der Waals surface area (Å²) in [7, 11) is 0. The van der Waals surface area contributed by atoms with Crippen LogP contribution in [0.3, 0.4) is 0 Å². The van der Waals surface area contributed by atoms with Crippen molar-refractivity contribution in [1.82, 2.24) is 4.98 Å². The lowest BCUT2D eigenvalue weighted by Crippen LogP contribution is -2.13. The van der Waals surface area contributed by atoms with Crippen molar-refractivity contribution in [2.45, 2.75) is 19.8 Å². The van der Waals surface area contributed by atoms with Crippen molar-refractivity contribution >= 4 is 28.1 Å². The smallest absolute Gasteiger partial charge is 0.313 e. The third kappa shape index (κ3) is 3.33. The molecule has 0 aliphatic heterocycles. The first-order valence-electron chi connectivity index (χ1n) is 6.24. The van der Waals surface area contributed by atoms with Crippen LogP contribution in [-0.2, 0) is 9.53 Å². The van der Waals surface area contributed by atoms with Gasteiger partial charge in [-0.25, -0.2) is 9.37 Å². The summed E-state index contributed by atoms with van der Waals surface area (Å²) in [6.45, 7) is 3.75. The molecule has 1 heterocycles. The Kier molecular flexibility index (Phi) is 4.68. The van der Waals surface area contributed by atoms with E-state index < -0.39 is 11.7 Å². The summed E-state index contributed by atoms with van der Waals surface area (Å²) in [6, 6.07) is 4.65. The Labute approximate surface area is 120 Å². The lowest BCUT2D eigenvalue weighted by molar-refractivity contribution is -0.144. The predicted octanol–water partition coefficient (Wildman–Crippen LogP) is 3.69. The van der Waals surface area contributed by atoms with Crippen LogP contribution in [0.1, 0.15) is 25.3 Å².